The lowest BCUT2D eigenvalue weighted by Crippen LogP contribution is -2.54. The van der Waals surface area contributed by atoms with Crippen LogP contribution in [-0.4, -0.2) is 15.6 Å². The van der Waals surface area contributed by atoms with Crippen LogP contribution in [0.25, 0.3) is 11.3 Å². The Morgan fingerprint density at radius 2 is 1.83 bits per heavy atom. The van der Waals surface area contributed by atoms with Crippen LogP contribution in [0, 0.1) is 34.5 Å². The van der Waals surface area contributed by atoms with Gasteiger partial charge in [0, 0.05) is 30.0 Å². The summed E-state index contributed by atoms with van der Waals surface area (Å²) in [7, 11) is 2.12. The second-order valence-electron chi connectivity index (χ2n) is 11.2. The van der Waals surface area contributed by atoms with Gasteiger partial charge in [-0.3, -0.25) is 9.48 Å². The minimum atomic E-state index is -0.0201. The van der Waals surface area contributed by atoms with Crippen molar-refractivity contribution in [1.82, 2.24) is 9.78 Å². The molecule has 1 aromatic carbocycles. The van der Waals surface area contributed by atoms with Gasteiger partial charge < -0.3 is 0 Å². The predicted octanol–water partition coefficient (Wildman–Crippen LogP) is 5.61. The molecule has 0 spiro atoms. The highest BCUT2D eigenvalue weighted by atomic mass is 16.1. The van der Waals surface area contributed by atoms with Crippen LogP contribution >= 0.6 is 0 Å². The van der Waals surface area contributed by atoms with Crippen molar-refractivity contribution in [3.8, 4) is 11.3 Å². The standard InChI is InChI=1S/C27H34N2O/c1-26-14-13-22-19(21(26)11-12-24(26)30)10-9-18-15-23-20(16-27(18,22)2)25(29(3)28-23)17-7-5-4-6-8-17/h4-8,18-19,21-22H,9-16H2,1-3H3/t18-,19-,21-,22-,26-,27-/m0/s1. The fourth-order valence-electron chi connectivity index (χ4n) is 8.46. The summed E-state index contributed by atoms with van der Waals surface area (Å²) < 4.78 is 2.13. The van der Waals surface area contributed by atoms with Gasteiger partial charge in [-0.25, -0.2) is 0 Å². The number of benzene rings is 1. The first-order valence-electron chi connectivity index (χ1n) is 12.1. The van der Waals surface area contributed by atoms with Gasteiger partial charge in [0.05, 0.1) is 11.4 Å². The summed E-state index contributed by atoms with van der Waals surface area (Å²) in [5.41, 5.74) is 5.78. The molecule has 0 saturated heterocycles. The second kappa shape index (κ2) is 6.31. The van der Waals surface area contributed by atoms with Crippen LogP contribution < -0.4 is 0 Å². The fraction of sp³-hybridized carbons (Fsp3) is 0.630. The number of carbonyl (C=O) groups excluding carboxylic acids is 1. The zero-order valence-electron chi connectivity index (χ0n) is 18.7. The quantitative estimate of drug-likeness (QED) is 0.621. The molecule has 0 unspecified atom stereocenters. The third kappa shape index (κ3) is 2.38. The Bertz CT molecular complexity index is 1010. The molecule has 0 amide bonds. The van der Waals surface area contributed by atoms with Gasteiger partial charge in [-0.15, -0.1) is 0 Å². The summed E-state index contributed by atoms with van der Waals surface area (Å²) in [6, 6.07) is 10.8. The topological polar surface area (TPSA) is 34.9 Å². The molecule has 30 heavy (non-hydrogen) atoms. The van der Waals surface area contributed by atoms with Gasteiger partial charge in [0.2, 0.25) is 0 Å². The van der Waals surface area contributed by atoms with Crippen molar-refractivity contribution < 1.29 is 4.79 Å². The van der Waals surface area contributed by atoms with Crippen molar-refractivity contribution in [2.24, 2.45) is 41.5 Å². The van der Waals surface area contributed by atoms with E-state index in [1.165, 1.54) is 41.8 Å². The molecule has 0 aliphatic heterocycles. The Morgan fingerprint density at radius 1 is 1.03 bits per heavy atom. The first kappa shape index (κ1) is 18.8. The van der Waals surface area contributed by atoms with Crippen molar-refractivity contribution in [2.45, 2.75) is 65.2 Å². The molecule has 6 atom stereocenters. The summed E-state index contributed by atoms with van der Waals surface area (Å²) >= 11 is 0. The highest BCUT2D eigenvalue weighted by Crippen LogP contribution is 2.65. The van der Waals surface area contributed by atoms with E-state index in [0.29, 0.717) is 17.1 Å². The SMILES string of the molecule is Cn1nc2c(c1-c1ccccc1)C[C@@]1(C)[C@@H](CC[C@@H]3[C@@H]1CC[C@]1(C)C(=O)CC[C@@H]31)C2. The van der Waals surface area contributed by atoms with E-state index >= 15 is 0 Å². The van der Waals surface area contributed by atoms with Gasteiger partial charge in [-0.2, -0.15) is 5.10 Å². The Kier molecular flexibility index (Phi) is 3.96. The third-order valence-corrected chi connectivity index (χ3v) is 10.0. The molecule has 3 heteroatoms. The molecule has 3 saturated carbocycles. The normalized spacial score (nSPS) is 39.8. The van der Waals surface area contributed by atoms with Gasteiger partial charge >= 0.3 is 0 Å². The van der Waals surface area contributed by atoms with Crippen molar-refractivity contribution in [1.29, 1.82) is 0 Å². The van der Waals surface area contributed by atoms with Crippen LogP contribution in [0.1, 0.15) is 63.6 Å². The summed E-state index contributed by atoms with van der Waals surface area (Å²) in [4.78, 5) is 12.7. The highest BCUT2D eigenvalue weighted by Gasteiger charge is 2.60. The van der Waals surface area contributed by atoms with Gasteiger partial charge in [0.25, 0.3) is 0 Å². The van der Waals surface area contributed by atoms with E-state index in [9.17, 15) is 4.79 Å². The molecule has 4 aliphatic carbocycles. The lowest BCUT2D eigenvalue weighted by atomic mass is 9.45. The molecule has 3 nitrogen and oxygen atoms in total. The number of hydrogen-bond donors (Lipinski definition) is 0. The van der Waals surface area contributed by atoms with E-state index in [4.69, 9.17) is 5.10 Å². The maximum absolute atomic E-state index is 12.7. The number of fused-ring (bicyclic) bond motifs is 6. The van der Waals surface area contributed by atoms with E-state index in [1.807, 2.05) is 0 Å². The largest absolute Gasteiger partial charge is 0.299 e. The molecule has 0 N–H and O–H groups in total. The smallest absolute Gasteiger partial charge is 0.139 e. The lowest BCUT2D eigenvalue weighted by molar-refractivity contribution is -0.136. The third-order valence-electron chi connectivity index (χ3n) is 10.0. The number of nitrogens with zero attached hydrogens (tertiary/aromatic N) is 2. The first-order valence-corrected chi connectivity index (χ1v) is 12.1. The van der Waals surface area contributed by atoms with Crippen LogP contribution in [0.15, 0.2) is 30.3 Å². The number of Topliss-reactive ketones (excluding diaryl/α,β-unsaturated/α-hetero) is 1. The van der Waals surface area contributed by atoms with E-state index in [0.717, 1.165) is 49.9 Å². The minimum Gasteiger partial charge on any atom is -0.299 e. The summed E-state index contributed by atoms with van der Waals surface area (Å²) in [6.45, 7) is 4.89. The molecule has 0 radical (unpaired) electrons. The first-order chi connectivity index (χ1) is 14.4. The molecule has 1 aromatic heterocycles. The zero-order valence-corrected chi connectivity index (χ0v) is 18.7. The van der Waals surface area contributed by atoms with Crippen LogP contribution in [0.4, 0.5) is 0 Å². The Morgan fingerprint density at radius 3 is 2.63 bits per heavy atom. The van der Waals surface area contributed by atoms with Crippen molar-refractivity contribution in [2.75, 3.05) is 0 Å². The summed E-state index contributed by atoms with van der Waals surface area (Å²) in [5.74, 6) is 3.44. The van der Waals surface area contributed by atoms with Crippen LogP contribution in [0.2, 0.25) is 0 Å². The number of aryl methyl sites for hydroxylation is 1. The average Bonchev–Trinajstić information content (AvgIpc) is 3.21. The van der Waals surface area contributed by atoms with Gasteiger partial charge in [-0.05, 0) is 74.0 Å². The molecule has 0 bridgehead atoms. The van der Waals surface area contributed by atoms with Crippen LogP contribution in [-0.2, 0) is 24.7 Å². The highest BCUT2D eigenvalue weighted by molar-refractivity contribution is 5.87. The molecule has 6 rings (SSSR count). The van der Waals surface area contributed by atoms with E-state index in [1.54, 1.807) is 0 Å². The molecule has 3 fully saturated rings. The van der Waals surface area contributed by atoms with E-state index in [2.05, 4.69) is 55.9 Å². The minimum absolute atomic E-state index is 0.0201. The Hall–Kier alpha value is -1.90. The molecule has 1 heterocycles. The van der Waals surface area contributed by atoms with Gasteiger partial charge in [-0.1, -0.05) is 44.2 Å². The second-order valence-corrected chi connectivity index (χ2v) is 11.2. The molecule has 158 valence electrons. The fourth-order valence-corrected chi connectivity index (χ4v) is 8.46. The van der Waals surface area contributed by atoms with Crippen LogP contribution in [0.3, 0.4) is 0 Å². The zero-order chi connectivity index (χ0) is 20.7. The number of rotatable bonds is 1. The Labute approximate surface area is 180 Å². The molecule has 2 aromatic rings. The average molecular weight is 403 g/mol. The molecule has 4 aliphatic rings. The summed E-state index contributed by atoms with van der Waals surface area (Å²) in [6.07, 6.45) is 9.26. The van der Waals surface area contributed by atoms with Crippen LogP contribution in [0.5, 0.6) is 0 Å². The number of carbonyl (C=O) groups is 1. The summed E-state index contributed by atoms with van der Waals surface area (Å²) in [5, 5.41) is 5.00. The van der Waals surface area contributed by atoms with Crippen molar-refractivity contribution in [3.63, 3.8) is 0 Å². The maximum Gasteiger partial charge on any atom is 0.139 e. The number of ketones is 1. The van der Waals surface area contributed by atoms with Crippen molar-refractivity contribution in [3.05, 3.63) is 41.6 Å². The molecular weight excluding hydrogens is 368 g/mol. The number of aromatic nitrogens is 2. The Balaban J connectivity index is 1.40. The lowest BCUT2D eigenvalue weighted by Gasteiger charge is -2.59. The van der Waals surface area contributed by atoms with E-state index < -0.39 is 0 Å². The maximum atomic E-state index is 12.7. The number of hydrogen-bond acceptors (Lipinski definition) is 2. The molecular formula is C27H34N2O. The monoisotopic (exact) mass is 402 g/mol. The van der Waals surface area contributed by atoms with Crippen molar-refractivity contribution >= 4 is 5.78 Å². The van der Waals surface area contributed by atoms with Gasteiger partial charge in [0.15, 0.2) is 0 Å². The van der Waals surface area contributed by atoms with Gasteiger partial charge in [0.1, 0.15) is 5.78 Å². The van der Waals surface area contributed by atoms with E-state index in [-0.39, 0.29) is 5.41 Å². The predicted molar refractivity (Wildman–Crippen MR) is 119 cm³/mol.